The maximum absolute atomic E-state index is 11.6. The van der Waals surface area contributed by atoms with E-state index >= 15 is 0 Å². The fourth-order valence-corrected chi connectivity index (χ4v) is 1.79. The summed E-state index contributed by atoms with van der Waals surface area (Å²) in [5.41, 5.74) is -0.405. The Labute approximate surface area is 83.6 Å². The SMILES string of the molecule is O=C(NC1(CO)CCOCC1)C1CC1. The zero-order valence-electron chi connectivity index (χ0n) is 8.29. The zero-order valence-corrected chi connectivity index (χ0v) is 8.29. The molecular formula is C10H17NO3. The molecule has 2 N–H and O–H groups in total. The Hall–Kier alpha value is -0.610. The largest absolute Gasteiger partial charge is 0.394 e. The second-order valence-electron chi connectivity index (χ2n) is 4.31. The predicted molar refractivity (Wildman–Crippen MR) is 50.7 cm³/mol. The lowest BCUT2D eigenvalue weighted by atomic mass is 9.91. The first-order valence-electron chi connectivity index (χ1n) is 5.26. The minimum atomic E-state index is -0.405. The van der Waals surface area contributed by atoms with Gasteiger partial charge in [0, 0.05) is 19.1 Å². The fraction of sp³-hybridized carbons (Fsp3) is 0.900. The summed E-state index contributed by atoms with van der Waals surface area (Å²) < 4.78 is 5.22. The average Bonchev–Trinajstić information content (AvgIpc) is 3.02. The van der Waals surface area contributed by atoms with Crippen molar-refractivity contribution >= 4 is 5.91 Å². The van der Waals surface area contributed by atoms with Crippen molar-refractivity contribution in [1.82, 2.24) is 5.32 Å². The highest BCUT2D eigenvalue weighted by molar-refractivity contribution is 5.81. The van der Waals surface area contributed by atoms with Crippen LogP contribution in [-0.2, 0) is 9.53 Å². The molecule has 0 bridgehead atoms. The van der Waals surface area contributed by atoms with E-state index in [1.165, 1.54) is 0 Å². The molecule has 1 saturated carbocycles. The van der Waals surface area contributed by atoms with Crippen LogP contribution in [0.3, 0.4) is 0 Å². The molecule has 0 spiro atoms. The van der Waals surface area contributed by atoms with Crippen LogP contribution >= 0.6 is 0 Å². The lowest BCUT2D eigenvalue weighted by molar-refractivity contribution is -0.126. The lowest BCUT2D eigenvalue weighted by Crippen LogP contribution is -2.55. The number of nitrogens with one attached hydrogen (secondary N) is 1. The number of rotatable bonds is 3. The van der Waals surface area contributed by atoms with E-state index in [4.69, 9.17) is 4.74 Å². The number of carbonyl (C=O) groups is 1. The maximum Gasteiger partial charge on any atom is 0.223 e. The number of amides is 1. The van der Waals surface area contributed by atoms with Gasteiger partial charge in [-0.3, -0.25) is 4.79 Å². The van der Waals surface area contributed by atoms with Gasteiger partial charge in [0.15, 0.2) is 0 Å². The summed E-state index contributed by atoms with van der Waals surface area (Å²) in [5, 5.41) is 12.3. The van der Waals surface area contributed by atoms with Gasteiger partial charge in [-0.25, -0.2) is 0 Å². The van der Waals surface area contributed by atoms with Crippen molar-refractivity contribution in [3.05, 3.63) is 0 Å². The summed E-state index contributed by atoms with van der Waals surface area (Å²) >= 11 is 0. The molecular weight excluding hydrogens is 182 g/mol. The van der Waals surface area contributed by atoms with E-state index < -0.39 is 5.54 Å². The Morgan fingerprint density at radius 3 is 2.57 bits per heavy atom. The Kier molecular flexibility index (Phi) is 2.74. The minimum Gasteiger partial charge on any atom is -0.394 e. The Morgan fingerprint density at radius 1 is 1.43 bits per heavy atom. The summed E-state index contributed by atoms with van der Waals surface area (Å²) in [5.74, 6) is 0.321. The third kappa shape index (κ3) is 2.07. The van der Waals surface area contributed by atoms with E-state index in [1.807, 2.05) is 0 Å². The number of carbonyl (C=O) groups excluding carboxylic acids is 1. The molecule has 1 saturated heterocycles. The molecule has 1 aliphatic carbocycles. The van der Waals surface area contributed by atoms with E-state index in [0.29, 0.717) is 13.2 Å². The van der Waals surface area contributed by atoms with Gasteiger partial charge in [-0.2, -0.15) is 0 Å². The highest BCUT2D eigenvalue weighted by atomic mass is 16.5. The number of hydrogen-bond donors (Lipinski definition) is 2. The molecule has 4 nitrogen and oxygen atoms in total. The van der Waals surface area contributed by atoms with E-state index in [0.717, 1.165) is 25.7 Å². The Bertz CT molecular complexity index is 219. The van der Waals surface area contributed by atoms with Crippen molar-refractivity contribution in [2.75, 3.05) is 19.8 Å². The molecule has 0 radical (unpaired) electrons. The molecule has 2 aliphatic rings. The second-order valence-corrected chi connectivity index (χ2v) is 4.31. The van der Waals surface area contributed by atoms with E-state index in [-0.39, 0.29) is 18.4 Å². The summed E-state index contributed by atoms with van der Waals surface area (Å²) in [6, 6.07) is 0. The average molecular weight is 199 g/mol. The first-order valence-corrected chi connectivity index (χ1v) is 5.26. The van der Waals surface area contributed by atoms with Gasteiger partial charge in [-0.1, -0.05) is 0 Å². The number of aliphatic hydroxyl groups excluding tert-OH is 1. The molecule has 0 aromatic heterocycles. The molecule has 4 heteroatoms. The molecule has 1 aliphatic heterocycles. The molecule has 0 aromatic carbocycles. The molecule has 80 valence electrons. The summed E-state index contributed by atoms with van der Waals surface area (Å²) in [6.07, 6.45) is 3.46. The zero-order chi connectivity index (χ0) is 10.0. The van der Waals surface area contributed by atoms with Crippen LogP contribution in [0.25, 0.3) is 0 Å². The van der Waals surface area contributed by atoms with Gasteiger partial charge in [-0.15, -0.1) is 0 Å². The van der Waals surface area contributed by atoms with Crippen molar-refractivity contribution in [3.63, 3.8) is 0 Å². The van der Waals surface area contributed by atoms with Crippen LogP contribution < -0.4 is 5.32 Å². The highest BCUT2D eigenvalue weighted by Gasteiger charge is 2.38. The van der Waals surface area contributed by atoms with Crippen LogP contribution in [0.4, 0.5) is 0 Å². The van der Waals surface area contributed by atoms with Crippen LogP contribution in [0.2, 0.25) is 0 Å². The molecule has 2 fully saturated rings. The van der Waals surface area contributed by atoms with Gasteiger partial charge in [0.1, 0.15) is 0 Å². The van der Waals surface area contributed by atoms with Gasteiger partial charge >= 0.3 is 0 Å². The summed E-state index contributed by atoms with van der Waals surface area (Å²) in [4.78, 5) is 11.6. The van der Waals surface area contributed by atoms with Crippen molar-refractivity contribution in [3.8, 4) is 0 Å². The second kappa shape index (κ2) is 3.87. The lowest BCUT2D eigenvalue weighted by Gasteiger charge is -2.36. The topological polar surface area (TPSA) is 58.6 Å². The number of aliphatic hydroxyl groups is 1. The standard InChI is InChI=1S/C10H17NO3/c12-7-10(3-5-14-6-4-10)11-9(13)8-1-2-8/h8,12H,1-7H2,(H,11,13). The van der Waals surface area contributed by atoms with Crippen molar-refractivity contribution in [1.29, 1.82) is 0 Å². The summed E-state index contributed by atoms with van der Waals surface area (Å²) in [6.45, 7) is 1.28. The first-order chi connectivity index (χ1) is 6.76. The molecule has 0 atom stereocenters. The van der Waals surface area contributed by atoms with Crippen LogP contribution in [-0.4, -0.2) is 36.4 Å². The van der Waals surface area contributed by atoms with E-state index in [9.17, 15) is 9.90 Å². The van der Waals surface area contributed by atoms with Crippen LogP contribution in [0.1, 0.15) is 25.7 Å². The normalized spacial score (nSPS) is 25.8. The molecule has 2 rings (SSSR count). The molecule has 1 heterocycles. The van der Waals surface area contributed by atoms with Crippen LogP contribution in [0.15, 0.2) is 0 Å². The highest BCUT2D eigenvalue weighted by Crippen LogP contribution is 2.30. The van der Waals surface area contributed by atoms with Crippen molar-refractivity contribution in [2.45, 2.75) is 31.2 Å². The van der Waals surface area contributed by atoms with Gasteiger partial charge in [0.05, 0.1) is 12.1 Å². The van der Waals surface area contributed by atoms with Crippen LogP contribution in [0, 0.1) is 5.92 Å². The maximum atomic E-state index is 11.6. The Balaban J connectivity index is 1.92. The smallest absolute Gasteiger partial charge is 0.223 e. The Morgan fingerprint density at radius 2 is 2.07 bits per heavy atom. The van der Waals surface area contributed by atoms with Crippen LogP contribution in [0.5, 0.6) is 0 Å². The van der Waals surface area contributed by atoms with Crippen molar-refractivity contribution < 1.29 is 14.6 Å². The van der Waals surface area contributed by atoms with Crippen molar-refractivity contribution in [2.24, 2.45) is 5.92 Å². The number of ether oxygens (including phenoxy) is 1. The molecule has 1 amide bonds. The van der Waals surface area contributed by atoms with E-state index in [2.05, 4.69) is 5.32 Å². The van der Waals surface area contributed by atoms with E-state index in [1.54, 1.807) is 0 Å². The third-order valence-electron chi connectivity index (χ3n) is 3.09. The van der Waals surface area contributed by atoms with Gasteiger partial charge in [-0.05, 0) is 25.7 Å². The fourth-order valence-electron chi connectivity index (χ4n) is 1.79. The predicted octanol–water partition coefficient (Wildman–Crippen LogP) is 0.0541. The first kappa shape index (κ1) is 9.93. The van der Waals surface area contributed by atoms with Gasteiger partial charge < -0.3 is 15.2 Å². The van der Waals surface area contributed by atoms with Gasteiger partial charge in [0.25, 0.3) is 0 Å². The molecule has 0 unspecified atom stereocenters. The molecule has 14 heavy (non-hydrogen) atoms. The third-order valence-corrected chi connectivity index (χ3v) is 3.09. The summed E-state index contributed by atoms with van der Waals surface area (Å²) in [7, 11) is 0. The molecule has 0 aromatic rings. The van der Waals surface area contributed by atoms with Gasteiger partial charge in [0.2, 0.25) is 5.91 Å². The number of hydrogen-bond acceptors (Lipinski definition) is 3. The minimum absolute atomic E-state index is 0.0226. The monoisotopic (exact) mass is 199 g/mol. The quantitative estimate of drug-likeness (QED) is 0.675.